The zero-order chi connectivity index (χ0) is 14.1. The summed E-state index contributed by atoms with van der Waals surface area (Å²) in [4.78, 5) is 10.8. The van der Waals surface area contributed by atoms with Crippen molar-refractivity contribution in [3.8, 4) is 0 Å². The van der Waals surface area contributed by atoms with Gasteiger partial charge in [-0.25, -0.2) is 0 Å². The lowest BCUT2D eigenvalue weighted by atomic mass is 9.86. The van der Waals surface area contributed by atoms with Crippen LogP contribution in [0.3, 0.4) is 0 Å². The molecule has 3 rings (SSSR count). The molecule has 20 heavy (non-hydrogen) atoms. The van der Waals surface area contributed by atoms with Gasteiger partial charge in [-0.2, -0.15) is 0 Å². The van der Waals surface area contributed by atoms with E-state index in [-0.39, 0.29) is 23.9 Å². The minimum absolute atomic E-state index is 0.0499. The number of rotatable bonds is 2. The van der Waals surface area contributed by atoms with Gasteiger partial charge in [-0.05, 0) is 16.3 Å². The maximum atomic E-state index is 11.2. The SMILES string of the molecule is O=[N+]([O-])C1COC(O)CC1c1ccc2ccccc2c1. The number of benzene rings is 2. The zero-order valence-corrected chi connectivity index (χ0v) is 10.8. The first-order valence-electron chi connectivity index (χ1n) is 6.57. The Morgan fingerprint density at radius 3 is 2.70 bits per heavy atom. The van der Waals surface area contributed by atoms with Crippen molar-refractivity contribution in [1.82, 2.24) is 0 Å². The van der Waals surface area contributed by atoms with Gasteiger partial charge >= 0.3 is 0 Å². The van der Waals surface area contributed by atoms with Gasteiger partial charge in [0.1, 0.15) is 6.61 Å². The molecule has 2 aromatic carbocycles. The van der Waals surface area contributed by atoms with Crippen LogP contribution >= 0.6 is 0 Å². The number of nitro groups is 1. The fourth-order valence-corrected chi connectivity index (χ4v) is 2.77. The van der Waals surface area contributed by atoms with Crippen LogP contribution in [0.5, 0.6) is 0 Å². The maximum absolute atomic E-state index is 11.2. The highest BCUT2D eigenvalue weighted by Crippen LogP contribution is 2.32. The molecule has 5 heteroatoms. The first-order valence-corrected chi connectivity index (χ1v) is 6.57. The average Bonchev–Trinajstić information content (AvgIpc) is 2.46. The van der Waals surface area contributed by atoms with Gasteiger partial charge in [-0.15, -0.1) is 0 Å². The van der Waals surface area contributed by atoms with Crippen molar-refractivity contribution in [2.45, 2.75) is 24.7 Å². The van der Waals surface area contributed by atoms with Gasteiger partial charge in [0.05, 0.1) is 5.92 Å². The average molecular weight is 273 g/mol. The number of hydrogen-bond acceptors (Lipinski definition) is 4. The van der Waals surface area contributed by atoms with Crippen LogP contribution in [0, 0.1) is 10.1 Å². The molecule has 104 valence electrons. The molecule has 2 aromatic rings. The fraction of sp³-hybridized carbons (Fsp3) is 0.333. The van der Waals surface area contributed by atoms with E-state index in [1.807, 2.05) is 42.5 Å². The van der Waals surface area contributed by atoms with Crippen LogP contribution in [0.25, 0.3) is 10.8 Å². The van der Waals surface area contributed by atoms with Crippen molar-refractivity contribution in [3.05, 3.63) is 58.1 Å². The van der Waals surface area contributed by atoms with Gasteiger partial charge in [-0.1, -0.05) is 42.5 Å². The van der Waals surface area contributed by atoms with E-state index in [0.29, 0.717) is 0 Å². The van der Waals surface area contributed by atoms with Gasteiger partial charge in [0.25, 0.3) is 0 Å². The molecule has 0 spiro atoms. The Morgan fingerprint density at radius 1 is 1.20 bits per heavy atom. The van der Waals surface area contributed by atoms with Crippen molar-refractivity contribution in [3.63, 3.8) is 0 Å². The maximum Gasteiger partial charge on any atom is 0.243 e. The van der Waals surface area contributed by atoms with Gasteiger partial charge in [0.15, 0.2) is 6.29 Å². The Labute approximate surface area is 115 Å². The highest BCUT2D eigenvalue weighted by Gasteiger charge is 2.39. The number of hydrogen-bond donors (Lipinski definition) is 1. The lowest BCUT2D eigenvalue weighted by molar-refractivity contribution is -0.538. The van der Waals surface area contributed by atoms with Crippen LogP contribution in [0.1, 0.15) is 17.9 Å². The second kappa shape index (κ2) is 5.19. The van der Waals surface area contributed by atoms with E-state index in [2.05, 4.69) is 0 Å². The van der Waals surface area contributed by atoms with Crippen molar-refractivity contribution < 1.29 is 14.8 Å². The molecule has 0 amide bonds. The number of aliphatic hydroxyl groups is 1. The second-order valence-corrected chi connectivity index (χ2v) is 5.09. The van der Waals surface area contributed by atoms with E-state index in [1.54, 1.807) is 0 Å². The summed E-state index contributed by atoms with van der Waals surface area (Å²) in [7, 11) is 0. The molecular weight excluding hydrogens is 258 g/mol. The van der Waals surface area contributed by atoms with Crippen LogP contribution in [0.15, 0.2) is 42.5 Å². The molecule has 5 nitrogen and oxygen atoms in total. The molecule has 1 heterocycles. The highest BCUT2D eigenvalue weighted by atomic mass is 16.6. The van der Waals surface area contributed by atoms with Crippen LogP contribution in [0.2, 0.25) is 0 Å². The number of fused-ring (bicyclic) bond motifs is 1. The van der Waals surface area contributed by atoms with Crippen LogP contribution in [-0.4, -0.2) is 29.0 Å². The van der Waals surface area contributed by atoms with E-state index in [9.17, 15) is 15.2 Å². The molecule has 0 aliphatic carbocycles. The second-order valence-electron chi connectivity index (χ2n) is 5.09. The van der Waals surface area contributed by atoms with Crippen molar-refractivity contribution in [2.24, 2.45) is 0 Å². The van der Waals surface area contributed by atoms with Crippen molar-refractivity contribution in [2.75, 3.05) is 6.61 Å². The van der Waals surface area contributed by atoms with E-state index in [0.717, 1.165) is 16.3 Å². The van der Waals surface area contributed by atoms with Crippen LogP contribution < -0.4 is 0 Å². The Hall–Kier alpha value is -1.98. The summed E-state index contributed by atoms with van der Waals surface area (Å²) in [5.41, 5.74) is 0.882. The monoisotopic (exact) mass is 273 g/mol. The third kappa shape index (κ3) is 2.37. The summed E-state index contributed by atoms with van der Waals surface area (Å²) >= 11 is 0. The van der Waals surface area contributed by atoms with Gasteiger partial charge < -0.3 is 9.84 Å². The van der Waals surface area contributed by atoms with E-state index < -0.39 is 12.3 Å². The normalized spacial score (nSPS) is 26.6. The standard InChI is InChI=1S/C15H15NO4/c17-15-8-13(14(9-20-15)16(18)19)12-6-5-10-3-1-2-4-11(10)7-12/h1-7,13-15,17H,8-9H2. The highest BCUT2D eigenvalue weighted by molar-refractivity contribution is 5.83. The third-order valence-corrected chi connectivity index (χ3v) is 3.85. The zero-order valence-electron chi connectivity index (χ0n) is 10.8. The van der Waals surface area contributed by atoms with Gasteiger partial charge in [-0.3, -0.25) is 10.1 Å². The molecule has 0 saturated carbocycles. The summed E-state index contributed by atoms with van der Waals surface area (Å²) in [6.45, 7) is -0.0499. The Balaban J connectivity index is 2.00. The third-order valence-electron chi connectivity index (χ3n) is 3.85. The lowest BCUT2D eigenvalue weighted by Crippen LogP contribution is -2.40. The largest absolute Gasteiger partial charge is 0.368 e. The number of aliphatic hydroxyl groups excluding tert-OH is 1. The minimum atomic E-state index is -0.928. The molecule has 1 N–H and O–H groups in total. The number of ether oxygens (including phenoxy) is 1. The van der Waals surface area contributed by atoms with Crippen molar-refractivity contribution >= 4 is 10.8 Å². The Morgan fingerprint density at radius 2 is 1.95 bits per heavy atom. The molecular formula is C15H15NO4. The quantitative estimate of drug-likeness (QED) is 0.673. The molecule has 1 aliphatic heterocycles. The summed E-state index contributed by atoms with van der Waals surface area (Å²) in [5, 5.41) is 22.9. The topological polar surface area (TPSA) is 72.6 Å². The minimum Gasteiger partial charge on any atom is -0.368 e. The number of nitrogens with zero attached hydrogens (tertiary/aromatic N) is 1. The summed E-state index contributed by atoms with van der Waals surface area (Å²) < 4.78 is 5.00. The fourth-order valence-electron chi connectivity index (χ4n) is 2.77. The van der Waals surface area contributed by atoms with E-state index in [4.69, 9.17) is 4.74 Å². The molecule has 0 radical (unpaired) electrons. The molecule has 0 aromatic heterocycles. The van der Waals surface area contributed by atoms with Crippen LogP contribution in [-0.2, 0) is 4.74 Å². The molecule has 1 aliphatic rings. The predicted molar refractivity (Wildman–Crippen MR) is 74.0 cm³/mol. The summed E-state index contributed by atoms with van der Waals surface area (Å²) in [6.07, 6.45) is -0.674. The molecule has 3 unspecified atom stereocenters. The van der Waals surface area contributed by atoms with Crippen LogP contribution in [0.4, 0.5) is 0 Å². The van der Waals surface area contributed by atoms with Gasteiger partial charge in [0, 0.05) is 11.3 Å². The molecule has 0 bridgehead atoms. The van der Waals surface area contributed by atoms with Crippen molar-refractivity contribution in [1.29, 1.82) is 0 Å². The molecule has 1 saturated heterocycles. The van der Waals surface area contributed by atoms with Gasteiger partial charge in [0.2, 0.25) is 6.04 Å². The predicted octanol–water partition coefficient (Wildman–Crippen LogP) is 2.31. The molecule has 3 atom stereocenters. The summed E-state index contributed by atoms with van der Waals surface area (Å²) in [6, 6.07) is 12.9. The Bertz CT molecular complexity index is 643. The van der Waals surface area contributed by atoms with E-state index in [1.165, 1.54) is 0 Å². The van der Waals surface area contributed by atoms with E-state index >= 15 is 0 Å². The first-order chi connectivity index (χ1) is 9.65. The summed E-state index contributed by atoms with van der Waals surface area (Å²) in [5.74, 6) is -0.321. The first kappa shape index (κ1) is 13.0. The lowest BCUT2D eigenvalue weighted by Gasteiger charge is -2.29. The smallest absolute Gasteiger partial charge is 0.243 e. The Kier molecular flexibility index (Phi) is 3.38. The molecule has 1 fully saturated rings.